The highest BCUT2D eigenvalue weighted by atomic mass is 16.5. The Bertz CT molecular complexity index is 660. The molecule has 1 amide bonds. The number of benzene rings is 2. The first-order chi connectivity index (χ1) is 11.4. The number of nitrogens with one attached hydrogen (secondary N) is 1. The summed E-state index contributed by atoms with van der Waals surface area (Å²) in [6.45, 7) is 8.67. The molecule has 4 heteroatoms. The van der Waals surface area contributed by atoms with Crippen molar-refractivity contribution in [1.82, 2.24) is 5.32 Å². The third-order valence-electron chi connectivity index (χ3n) is 3.57. The van der Waals surface area contributed by atoms with E-state index in [0.29, 0.717) is 18.9 Å². The van der Waals surface area contributed by atoms with Crippen LogP contribution >= 0.6 is 0 Å². The van der Waals surface area contributed by atoms with Gasteiger partial charge in [-0.3, -0.25) is 4.79 Å². The van der Waals surface area contributed by atoms with E-state index in [1.54, 1.807) is 6.92 Å². The third-order valence-corrected chi connectivity index (χ3v) is 3.57. The smallest absolute Gasteiger partial charge is 0.260 e. The molecular formula is C20H25NO3. The molecule has 0 aliphatic rings. The Labute approximate surface area is 143 Å². The summed E-state index contributed by atoms with van der Waals surface area (Å²) in [6, 6.07) is 13.7. The second-order valence-electron chi connectivity index (χ2n) is 6.04. The molecule has 0 aromatic heterocycles. The predicted octanol–water partition coefficient (Wildman–Crippen LogP) is 3.57. The van der Waals surface area contributed by atoms with Crippen molar-refractivity contribution >= 4 is 5.91 Å². The highest BCUT2D eigenvalue weighted by Gasteiger charge is 2.13. The van der Waals surface area contributed by atoms with Crippen LogP contribution in [0.4, 0.5) is 0 Å². The van der Waals surface area contributed by atoms with Crippen molar-refractivity contribution in [1.29, 1.82) is 0 Å². The Morgan fingerprint density at radius 1 is 0.958 bits per heavy atom. The summed E-state index contributed by atoms with van der Waals surface area (Å²) in [5.41, 5.74) is 3.48. The van der Waals surface area contributed by atoms with E-state index >= 15 is 0 Å². The molecule has 1 unspecified atom stereocenters. The Balaban J connectivity index is 1.73. The first-order valence-corrected chi connectivity index (χ1v) is 8.16. The van der Waals surface area contributed by atoms with E-state index in [9.17, 15) is 4.79 Å². The molecule has 0 aliphatic carbocycles. The lowest BCUT2D eigenvalue weighted by atomic mass is 10.1. The standard InChI is InChI=1S/C20H25NO3/c1-14-5-7-18(8-6-14)24-17(4)20(22)21-9-10-23-19-12-15(2)11-16(3)13-19/h5-8,11-13,17H,9-10H2,1-4H3,(H,21,22). The van der Waals surface area contributed by atoms with E-state index in [2.05, 4.69) is 11.4 Å². The maximum atomic E-state index is 12.0. The van der Waals surface area contributed by atoms with Gasteiger partial charge in [-0.25, -0.2) is 0 Å². The van der Waals surface area contributed by atoms with Crippen molar-refractivity contribution in [3.63, 3.8) is 0 Å². The van der Waals surface area contributed by atoms with Crippen molar-refractivity contribution in [3.05, 3.63) is 59.2 Å². The number of ether oxygens (including phenoxy) is 2. The Morgan fingerprint density at radius 3 is 2.21 bits per heavy atom. The molecule has 2 rings (SSSR count). The molecule has 0 saturated carbocycles. The van der Waals surface area contributed by atoms with Crippen LogP contribution in [0.5, 0.6) is 11.5 Å². The molecule has 0 saturated heterocycles. The third kappa shape index (κ3) is 5.61. The lowest BCUT2D eigenvalue weighted by molar-refractivity contribution is -0.127. The maximum Gasteiger partial charge on any atom is 0.260 e. The fourth-order valence-electron chi connectivity index (χ4n) is 2.38. The van der Waals surface area contributed by atoms with Crippen LogP contribution in [0.15, 0.2) is 42.5 Å². The van der Waals surface area contributed by atoms with Crippen molar-refractivity contribution < 1.29 is 14.3 Å². The van der Waals surface area contributed by atoms with Gasteiger partial charge in [0.05, 0.1) is 6.54 Å². The zero-order valence-electron chi connectivity index (χ0n) is 14.8. The molecule has 1 atom stereocenters. The van der Waals surface area contributed by atoms with Gasteiger partial charge in [-0.2, -0.15) is 0 Å². The molecular weight excluding hydrogens is 302 g/mol. The molecule has 2 aromatic rings. The molecule has 0 heterocycles. The van der Waals surface area contributed by atoms with Crippen LogP contribution in [0.25, 0.3) is 0 Å². The SMILES string of the molecule is Cc1ccc(OC(C)C(=O)NCCOc2cc(C)cc(C)c2)cc1. The van der Waals surface area contributed by atoms with E-state index in [0.717, 1.165) is 22.4 Å². The highest BCUT2D eigenvalue weighted by molar-refractivity contribution is 5.80. The minimum atomic E-state index is -0.547. The zero-order chi connectivity index (χ0) is 17.5. The van der Waals surface area contributed by atoms with Crippen LogP contribution in [0.1, 0.15) is 23.6 Å². The predicted molar refractivity (Wildman–Crippen MR) is 95.7 cm³/mol. The Morgan fingerprint density at radius 2 is 1.58 bits per heavy atom. The number of aryl methyl sites for hydroxylation is 3. The van der Waals surface area contributed by atoms with Gasteiger partial charge in [-0.15, -0.1) is 0 Å². The second kappa shape index (κ2) is 8.39. The quantitative estimate of drug-likeness (QED) is 0.791. The Hall–Kier alpha value is -2.49. The van der Waals surface area contributed by atoms with Crippen molar-refractivity contribution in [2.75, 3.05) is 13.2 Å². The molecule has 4 nitrogen and oxygen atoms in total. The normalized spacial score (nSPS) is 11.7. The summed E-state index contributed by atoms with van der Waals surface area (Å²) >= 11 is 0. The van der Waals surface area contributed by atoms with Crippen molar-refractivity contribution in [2.45, 2.75) is 33.8 Å². The summed E-state index contributed by atoms with van der Waals surface area (Å²) in [5, 5.41) is 2.82. The van der Waals surface area contributed by atoms with Gasteiger partial charge in [0.2, 0.25) is 0 Å². The average Bonchev–Trinajstić information content (AvgIpc) is 2.52. The van der Waals surface area contributed by atoms with Crippen molar-refractivity contribution in [3.8, 4) is 11.5 Å². The van der Waals surface area contributed by atoms with Gasteiger partial charge in [0, 0.05) is 0 Å². The minimum Gasteiger partial charge on any atom is -0.492 e. The molecule has 1 N–H and O–H groups in total. The number of carbonyl (C=O) groups excluding carboxylic acids is 1. The molecule has 0 radical (unpaired) electrons. The summed E-state index contributed by atoms with van der Waals surface area (Å²) < 4.78 is 11.3. The minimum absolute atomic E-state index is 0.153. The van der Waals surface area contributed by atoms with Crippen LogP contribution in [-0.2, 0) is 4.79 Å². The summed E-state index contributed by atoms with van der Waals surface area (Å²) in [4.78, 5) is 12.0. The topological polar surface area (TPSA) is 47.6 Å². The lowest BCUT2D eigenvalue weighted by Gasteiger charge is -2.15. The van der Waals surface area contributed by atoms with E-state index in [1.807, 2.05) is 57.2 Å². The molecule has 24 heavy (non-hydrogen) atoms. The monoisotopic (exact) mass is 327 g/mol. The van der Waals surface area contributed by atoms with E-state index in [1.165, 1.54) is 0 Å². The van der Waals surface area contributed by atoms with Gasteiger partial charge in [0.15, 0.2) is 6.10 Å². The second-order valence-corrected chi connectivity index (χ2v) is 6.04. The number of hydrogen-bond acceptors (Lipinski definition) is 3. The van der Waals surface area contributed by atoms with E-state index < -0.39 is 6.10 Å². The van der Waals surface area contributed by atoms with Crippen LogP contribution in [0.2, 0.25) is 0 Å². The molecule has 128 valence electrons. The summed E-state index contributed by atoms with van der Waals surface area (Å²) in [5.74, 6) is 1.36. The number of carbonyl (C=O) groups is 1. The first kappa shape index (κ1) is 17.9. The lowest BCUT2D eigenvalue weighted by Crippen LogP contribution is -2.38. The van der Waals surface area contributed by atoms with Gasteiger partial charge >= 0.3 is 0 Å². The number of amides is 1. The molecule has 0 spiro atoms. The molecule has 0 fully saturated rings. The van der Waals surface area contributed by atoms with Crippen LogP contribution in [0, 0.1) is 20.8 Å². The van der Waals surface area contributed by atoms with Gasteiger partial charge in [-0.05, 0) is 63.1 Å². The van der Waals surface area contributed by atoms with Gasteiger partial charge in [0.25, 0.3) is 5.91 Å². The molecule has 0 aliphatic heterocycles. The molecule has 2 aromatic carbocycles. The van der Waals surface area contributed by atoms with Crippen LogP contribution in [0.3, 0.4) is 0 Å². The zero-order valence-corrected chi connectivity index (χ0v) is 14.8. The number of hydrogen-bond donors (Lipinski definition) is 1. The van der Waals surface area contributed by atoms with Gasteiger partial charge < -0.3 is 14.8 Å². The average molecular weight is 327 g/mol. The van der Waals surface area contributed by atoms with Gasteiger partial charge in [0.1, 0.15) is 18.1 Å². The summed E-state index contributed by atoms with van der Waals surface area (Å²) in [7, 11) is 0. The fourth-order valence-corrected chi connectivity index (χ4v) is 2.38. The summed E-state index contributed by atoms with van der Waals surface area (Å²) in [6.07, 6.45) is -0.547. The van der Waals surface area contributed by atoms with Gasteiger partial charge in [-0.1, -0.05) is 23.8 Å². The largest absolute Gasteiger partial charge is 0.492 e. The van der Waals surface area contributed by atoms with Crippen LogP contribution in [-0.4, -0.2) is 25.2 Å². The number of rotatable bonds is 7. The highest BCUT2D eigenvalue weighted by Crippen LogP contribution is 2.16. The first-order valence-electron chi connectivity index (χ1n) is 8.16. The maximum absolute atomic E-state index is 12.0. The van der Waals surface area contributed by atoms with Crippen LogP contribution < -0.4 is 14.8 Å². The van der Waals surface area contributed by atoms with E-state index in [-0.39, 0.29) is 5.91 Å². The molecule has 0 bridgehead atoms. The fraction of sp³-hybridized carbons (Fsp3) is 0.350. The van der Waals surface area contributed by atoms with Crippen molar-refractivity contribution in [2.24, 2.45) is 0 Å². The Kier molecular flexibility index (Phi) is 6.24. The van der Waals surface area contributed by atoms with E-state index in [4.69, 9.17) is 9.47 Å².